The summed E-state index contributed by atoms with van der Waals surface area (Å²) >= 11 is 0. The summed E-state index contributed by atoms with van der Waals surface area (Å²) in [4.78, 5) is 14.4. The fourth-order valence-corrected chi connectivity index (χ4v) is 2.87. The highest BCUT2D eigenvalue weighted by Gasteiger charge is 2.25. The SMILES string of the molecule is CCN(C(=O)Cc1ccc(OC)cc1)C1CCCC1. The fourth-order valence-electron chi connectivity index (χ4n) is 2.87. The summed E-state index contributed by atoms with van der Waals surface area (Å²) in [7, 11) is 1.65. The maximum atomic E-state index is 12.4. The quantitative estimate of drug-likeness (QED) is 0.815. The van der Waals surface area contributed by atoms with Crippen LogP contribution in [0.2, 0.25) is 0 Å². The van der Waals surface area contributed by atoms with Gasteiger partial charge in [0.25, 0.3) is 0 Å². The largest absolute Gasteiger partial charge is 0.497 e. The minimum atomic E-state index is 0.250. The first-order valence-electron chi connectivity index (χ1n) is 7.17. The van der Waals surface area contributed by atoms with Crippen molar-refractivity contribution in [2.24, 2.45) is 0 Å². The van der Waals surface area contributed by atoms with Gasteiger partial charge in [0.2, 0.25) is 5.91 Å². The van der Waals surface area contributed by atoms with Gasteiger partial charge in [-0.1, -0.05) is 25.0 Å². The lowest BCUT2D eigenvalue weighted by atomic mass is 10.1. The number of ether oxygens (including phenoxy) is 1. The number of likely N-dealkylation sites (N-methyl/N-ethyl adjacent to an activating group) is 1. The second kappa shape index (κ2) is 6.60. The van der Waals surface area contributed by atoms with Crippen LogP contribution in [0.5, 0.6) is 5.75 Å². The van der Waals surface area contributed by atoms with Crippen LogP contribution in [-0.2, 0) is 11.2 Å². The van der Waals surface area contributed by atoms with Crippen LogP contribution in [0.25, 0.3) is 0 Å². The number of amides is 1. The van der Waals surface area contributed by atoms with Crippen molar-refractivity contribution < 1.29 is 9.53 Å². The van der Waals surface area contributed by atoms with E-state index in [-0.39, 0.29) is 5.91 Å². The maximum Gasteiger partial charge on any atom is 0.227 e. The van der Waals surface area contributed by atoms with E-state index in [0.29, 0.717) is 12.5 Å². The Labute approximate surface area is 115 Å². The first kappa shape index (κ1) is 13.9. The average molecular weight is 261 g/mol. The van der Waals surface area contributed by atoms with Gasteiger partial charge in [0, 0.05) is 12.6 Å². The van der Waals surface area contributed by atoms with Crippen molar-refractivity contribution in [1.29, 1.82) is 0 Å². The molecular weight excluding hydrogens is 238 g/mol. The zero-order chi connectivity index (χ0) is 13.7. The van der Waals surface area contributed by atoms with Gasteiger partial charge in [-0.3, -0.25) is 4.79 Å². The zero-order valence-electron chi connectivity index (χ0n) is 11.9. The molecule has 0 heterocycles. The van der Waals surface area contributed by atoms with Crippen LogP contribution in [0.1, 0.15) is 38.2 Å². The van der Waals surface area contributed by atoms with Gasteiger partial charge in [-0.05, 0) is 37.5 Å². The van der Waals surface area contributed by atoms with Gasteiger partial charge in [-0.15, -0.1) is 0 Å². The molecule has 0 saturated heterocycles. The highest BCUT2D eigenvalue weighted by Crippen LogP contribution is 2.24. The summed E-state index contributed by atoms with van der Waals surface area (Å²) in [6.45, 7) is 2.89. The van der Waals surface area contributed by atoms with Crippen LogP contribution in [0.3, 0.4) is 0 Å². The lowest BCUT2D eigenvalue weighted by Crippen LogP contribution is -2.39. The van der Waals surface area contributed by atoms with Crippen molar-refractivity contribution in [2.75, 3.05) is 13.7 Å². The normalized spacial score (nSPS) is 15.5. The third-order valence-corrected chi connectivity index (χ3v) is 3.94. The third kappa shape index (κ3) is 3.49. The first-order chi connectivity index (χ1) is 9.24. The molecule has 3 nitrogen and oxygen atoms in total. The van der Waals surface area contributed by atoms with Crippen LogP contribution in [-0.4, -0.2) is 30.5 Å². The molecule has 1 fully saturated rings. The van der Waals surface area contributed by atoms with Crippen LogP contribution in [0.4, 0.5) is 0 Å². The molecule has 104 valence electrons. The van der Waals surface area contributed by atoms with E-state index in [1.165, 1.54) is 25.7 Å². The molecule has 3 heteroatoms. The summed E-state index contributed by atoms with van der Waals surface area (Å²) in [5.41, 5.74) is 1.06. The fraction of sp³-hybridized carbons (Fsp3) is 0.562. The van der Waals surface area contributed by atoms with Crippen molar-refractivity contribution in [3.8, 4) is 5.75 Å². The van der Waals surface area contributed by atoms with Crippen molar-refractivity contribution in [3.63, 3.8) is 0 Å². The molecule has 1 aliphatic carbocycles. The van der Waals surface area contributed by atoms with E-state index in [9.17, 15) is 4.79 Å². The smallest absolute Gasteiger partial charge is 0.227 e. The third-order valence-electron chi connectivity index (χ3n) is 3.94. The summed E-state index contributed by atoms with van der Waals surface area (Å²) in [5, 5.41) is 0. The van der Waals surface area contributed by atoms with Gasteiger partial charge in [0.15, 0.2) is 0 Å². The average Bonchev–Trinajstić information content (AvgIpc) is 2.94. The Kier molecular flexibility index (Phi) is 4.83. The number of benzene rings is 1. The molecule has 1 aliphatic rings. The topological polar surface area (TPSA) is 29.5 Å². The Balaban J connectivity index is 1.97. The molecular formula is C16H23NO2. The molecule has 0 radical (unpaired) electrons. The van der Waals surface area contributed by atoms with Gasteiger partial charge in [0.05, 0.1) is 13.5 Å². The lowest BCUT2D eigenvalue weighted by molar-refractivity contribution is -0.132. The molecule has 0 spiro atoms. The monoisotopic (exact) mass is 261 g/mol. The summed E-state index contributed by atoms with van der Waals surface area (Å²) < 4.78 is 5.13. The van der Waals surface area contributed by atoms with E-state index < -0.39 is 0 Å². The van der Waals surface area contributed by atoms with Gasteiger partial charge in [-0.2, -0.15) is 0 Å². The molecule has 1 saturated carbocycles. The van der Waals surface area contributed by atoms with Crippen LogP contribution in [0.15, 0.2) is 24.3 Å². The Bertz CT molecular complexity index is 407. The number of nitrogens with zero attached hydrogens (tertiary/aromatic N) is 1. The molecule has 0 atom stereocenters. The standard InChI is InChI=1S/C16H23NO2/c1-3-17(14-6-4-5-7-14)16(18)12-13-8-10-15(19-2)11-9-13/h8-11,14H,3-7,12H2,1-2H3. The van der Waals surface area contributed by atoms with Crippen molar-refractivity contribution in [1.82, 2.24) is 4.90 Å². The van der Waals surface area contributed by atoms with E-state index >= 15 is 0 Å². The molecule has 19 heavy (non-hydrogen) atoms. The summed E-state index contributed by atoms with van der Waals surface area (Å²) in [6, 6.07) is 8.23. The first-order valence-corrected chi connectivity index (χ1v) is 7.17. The number of carbonyl (C=O) groups is 1. The van der Waals surface area contributed by atoms with E-state index in [1.54, 1.807) is 7.11 Å². The molecule has 0 unspecified atom stereocenters. The van der Waals surface area contributed by atoms with Crippen molar-refractivity contribution >= 4 is 5.91 Å². The van der Waals surface area contributed by atoms with Crippen molar-refractivity contribution in [3.05, 3.63) is 29.8 Å². The lowest BCUT2D eigenvalue weighted by Gasteiger charge is -2.27. The predicted octanol–water partition coefficient (Wildman–Crippen LogP) is 3.03. The predicted molar refractivity (Wildman–Crippen MR) is 76.3 cm³/mol. The summed E-state index contributed by atoms with van der Waals surface area (Å²) in [5.74, 6) is 1.08. The van der Waals surface area contributed by atoms with E-state index in [1.807, 2.05) is 24.3 Å². The van der Waals surface area contributed by atoms with E-state index in [4.69, 9.17) is 4.74 Å². The molecule has 1 amide bonds. The Morgan fingerprint density at radius 1 is 1.26 bits per heavy atom. The summed E-state index contributed by atoms with van der Waals surface area (Å²) in [6.07, 6.45) is 5.35. The van der Waals surface area contributed by atoms with Gasteiger partial charge in [-0.25, -0.2) is 0 Å². The Morgan fingerprint density at radius 3 is 2.42 bits per heavy atom. The van der Waals surface area contributed by atoms with E-state index in [0.717, 1.165) is 17.9 Å². The van der Waals surface area contributed by atoms with Crippen LogP contribution >= 0.6 is 0 Å². The maximum absolute atomic E-state index is 12.4. The second-order valence-corrected chi connectivity index (χ2v) is 5.14. The molecule has 0 aromatic heterocycles. The number of methoxy groups -OCH3 is 1. The van der Waals surface area contributed by atoms with Gasteiger partial charge in [0.1, 0.15) is 5.75 Å². The second-order valence-electron chi connectivity index (χ2n) is 5.14. The Morgan fingerprint density at radius 2 is 1.89 bits per heavy atom. The molecule has 0 bridgehead atoms. The van der Waals surface area contributed by atoms with Gasteiger partial charge >= 0.3 is 0 Å². The highest BCUT2D eigenvalue weighted by molar-refractivity contribution is 5.79. The van der Waals surface area contributed by atoms with Crippen LogP contribution < -0.4 is 4.74 Å². The van der Waals surface area contributed by atoms with E-state index in [2.05, 4.69) is 11.8 Å². The zero-order valence-corrected chi connectivity index (χ0v) is 11.9. The Hall–Kier alpha value is -1.51. The number of hydrogen-bond donors (Lipinski definition) is 0. The minimum Gasteiger partial charge on any atom is -0.497 e. The molecule has 2 rings (SSSR count). The molecule has 0 N–H and O–H groups in total. The molecule has 0 aliphatic heterocycles. The number of hydrogen-bond acceptors (Lipinski definition) is 2. The number of carbonyl (C=O) groups excluding carboxylic acids is 1. The highest BCUT2D eigenvalue weighted by atomic mass is 16.5. The van der Waals surface area contributed by atoms with Crippen molar-refractivity contribution in [2.45, 2.75) is 45.1 Å². The molecule has 1 aromatic carbocycles. The van der Waals surface area contributed by atoms with Crippen LogP contribution in [0, 0.1) is 0 Å². The molecule has 1 aromatic rings. The number of rotatable bonds is 5. The van der Waals surface area contributed by atoms with Gasteiger partial charge < -0.3 is 9.64 Å². The minimum absolute atomic E-state index is 0.250.